The second kappa shape index (κ2) is 4.41. The molecule has 3 heterocycles. The van der Waals surface area contributed by atoms with Crippen molar-refractivity contribution in [3.8, 4) is 5.69 Å². The molecule has 0 aliphatic rings. The van der Waals surface area contributed by atoms with Gasteiger partial charge >= 0.3 is 0 Å². The second-order valence-corrected chi connectivity index (χ2v) is 5.96. The number of para-hydroxylation sites is 1. The molecule has 0 radical (unpaired) electrons. The molecule has 0 fully saturated rings. The van der Waals surface area contributed by atoms with Gasteiger partial charge in [-0.1, -0.05) is 24.3 Å². The predicted octanol–water partition coefficient (Wildman–Crippen LogP) is 4.39. The normalized spacial score (nSPS) is 11.6. The monoisotopic (exact) mass is 289 g/mol. The van der Waals surface area contributed by atoms with Crippen LogP contribution in [-0.2, 0) is 0 Å². The van der Waals surface area contributed by atoms with Gasteiger partial charge in [0.2, 0.25) is 0 Å². The van der Waals surface area contributed by atoms with E-state index in [1.165, 1.54) is 33.4 Å². The van der Waals surface area contributed by atoms with E-state index < -0.39 is 0 Å². The number of hydrogen-bond acceptors (Lipinski definition) is 1. The van der Waals surface area contributed by atoms with Crippen LogP contribution in [0.15, 0.2) is 48.7 Å². The number of fused-ring (bicyclic) bond motifs is 3. The van der Waals surface area contributed by atoms with Gasteiger partial charge in [0, 0.05) is 17.3 Å². The quantitative estimate of drug-likeness (QED) is 0.554. The lowest BCUT2D eigenvalue weighted by Crippen LogP contribution is -2.04. The Morgan fingerprint density at radius 2 is 1.64 bits per heavy atom. The van der Waals surface area contributed by atoms with Crippen LogP contribution in [0.25, 0.3) is 22.2 Å². The number of nitrogens with two attached hydrogens (primary N) is 1. The molecular weight excluding hydrogens is 270 g/mol. The molecule has 0 aliphatic heterocycles. The average molecular weight is 289 g/mol. The summed E-state index contributed by atoms with van der Waals surface area (Å²) < 4.78 is 4.41. The van der Waals surface area contributed by atoms with Gasteiger partial charge in [0.1, 0.15) is 5.82 Å². The van der Waals surface area contributed by atoms with Gasteiger partial charge in [-0.25, -0.2) is 0 Å². The summed E-state index contributed by atoms with van der Waals surface area (Å²) in [7, 11) is 0. The molecule has 3 aromatic heterocycles. The fourth-order valence-electron chi connectivity index (χ4n) is 3.47. The highest BCUT2D eigenvalue weighted by atomic mass is 15.1. The Kier molecular flexibility index (Phi) is 2.61. The summed E-state index contributed by atoms with van der Waals surface area (Å²) >= 11 is 0. The van der Waals surface area contributed by atoms with Crippen molar-refractivity contribution < 1.29 is 0 Å². The van der Waals surface area contributed by atoms with Crippen molar-refractivity contribution in [1.29, 1.82) is 0 Å². The van der Waals surface area contributed by atoms with Crippen molar-refractivity contribution in [2.45, 2.75) is 20.8 Å². The third kappa shape index (κ3) is 1.56. The van der Waals surface area contributed by atoms with Crippen molar-refractivity contribution in [2.24, 2.45) is 0 Å². The molecule has 3 heteroatoms. The van der Waals surface area contributed by atoms with E-state index >= 15 is 0 Å². The Morgan fingerprint density at radius 3 is 2.36 bits per heavy atom. The molecule has 0 spiro atoms. The molecule has 4 rings (SSSR count). The molecule has 2 N–H and O–H groups in total. The molecule has 0 saturated carbocycles. The van der Waals surface area contributed by atoms with Crippen LogP contribution in [0.2, 0.25) is 0 Å². The van der Waals surface area contributed by atoms with Gasteiger partial charge in [0.15, 0.2) is 0 Å². The highest BCUT2D eigenvalue weighted by Crippen LogP contribution is 2.35. The molecular formula is C19H19N3. The summed E-state index contributed by atoms with van der Waals surface area (Å²) in [5.41, 5.74) is 14.8. The number of anilines is 1. The maximum Gasteiger partial charge on any atom is 0.113 e. The van der Waals surface area contributed by atoms with E-state index in [0.717, 1.165) is 11.4 Å². The van der Waals surface area contributed by atoms with Crippen LogP contribution in [0.5, 0.6) is 0 Å². The van der Waals surface area contributed by atoms with Gasteiger partial charge in [0.25, 0.3) is 0 Å². The lowest BCUT2D eigenvalue weighted by molar-refractivity contribution is 1.09. The summed E-state index contributed by atoms with van der Waals surface area (Å²) in [6, 6.07) is 14.8. The molecule has 0 amide bonds. The van der Waals surface area contributed by atoms with Gasteiger partial charge in [-0.2, -0.15) is 0 Å². The van der Waals surface area contributed by atoms with Gasteiger partial charge in [-0.05, 0) is 50.1 Å². The number of pyridine rings is 1. The van der Waals surface area contributed by atoms with E-state index in [1.54, 1.807) is 0 Å². The van der Waals surface area contributed by atoms with Crippen molar-refractivity contribution in [3.63, 3.8) is 0 Å². The van der Waals surface area contributed by atoms with E-state index in [2.05, 4.69) is 78.4 Å². The van der Waals surface area contributed by atoms with Crippen LogP contribution in [0.1, 0.15) is 16.7 Å². The summed E-state index contributed by atoms with van der Waals surface area (Å²) in [5.74, 6) is 0.820. The lowest BCUT2D eigenvalue weighted by Gasteiger charge is -2.14. The van der Waals surface area contributed by atoms with E-state index in [1.807, 2.05) is 0 Å². The Labute approximate surface area is 129 Å². The third-order valence-electron chi connectivity index (χ3n) is 4.54. The number of nitrogen functional groups attached to an aromatic ring is 1. The van der Waals surface area contributed by atoms with Crippen LogP contribution >= 0.6 is 0 Å². The molecule has 0 bridgehead atoms. The number of hydrogen-bond donors (Lipinski definition) is 1. The van der Waals surface area contributed by atoms with Crippen LogP contribution in [0.4, 0.5) is 5.82 Å². The Morgan fingerprint density at radius 1 is 0.909 bits per heavy atom. The molecule has 22 heavy (non-hydrogen) atoms. The first kappa shape index (κ1) is 13.0. The lowest BCUT2D eigenvalue weighted by atomic mass is 10.1. The summed E-state index contributed by atoms with van der Waals surface area (Å²) in [6.07, 6.45) is 2.10. The maximum absolute atomic E-state index is 6.47. The van der Waals surface area contributed by atoms with Crippen LogP contribution < -0.4 is 5.73 Å². The Balaban J connectivity index is 2.21. The van der Waals surface area contributed by atoms with Crippen molar-refractivity contribution in [3.05, 3.63) is 65.4 Å². The largest absolute Gasteiger partial charge is 0.385 e. The van der Waals surface area contributed by atoms with E-state index in [4.69, 9.17) is 5.73 Å². The fourth-order valence-corrected chi connectivity index (χ4v) is 3.47. The average Bonchev–Trinajstić information content (AvgIpc) is 2.98. The Bertz CT molecular complexity index is 998. The summed E-state index contributed by atoms with van der Waals surface area (Å²) in [6.45, 7) is 6.37. The van der Waals surface area contributed by atoms with Crippen molar-refractivity contribution >= 4 is 22.4 Å². The molecule has 0 unspecified atom stereocenters. The second-order valence-electron chi connectivity index (χ2n) is 5.96. The zero-order chi connectivity index (χ0) is 15.4. The summed E-state index contributed by atoms with van der Waals surface area (Å²) in [5, 5.41) is 0. The smallest absolute Gasteiger partial charge is 0.113 e. The third-order valence-corrected chi connectivity index (χ3v) is 4.54. The maximum atomic E-state index is 6.47. The number of aryl methyl sites for hydroxylation is 3. The van der Waals surface area contributed by atoms with Crippen LogP contribution in [0.3, 0.4) is 0 Å². The first-order valence-corrected chi connectivity index (χ1v) is 7.52. The first-order chi connectivity index (χ1) is 10.6. The first-order valence-electron chi connectivity index (χ1n) is 7.52. The minimum absolute atomic E-state index is 0.820. The number of aromatic nitrogens is 2. The number of benzene rings is 1. The molecule has 0 atom stereocenters. The predicted molar refractivity (Wildman–Crippen MR) is 92.9 cm³/mol. The number of rotatable bonds is 1. The van der Waals surface area contributed by atoms with Crippen molar-refractivity contribution in [2.75, 3.05) is 5.73 Å². The van der Waals surface area contributed by atoms with Gasteiger partial charge < -0.3 is 10.1 Å². The minimum Gasteiger partial charge on any atom is -0.385 e. The molecule has 0 saturated heterocycles. The van der Waals surface area contributed by atoms with Gasteiger partial charge in [0.05, 0.1) is 16.7 Å². The van der Waals surface area contributed by atoms with E-state index in [-0.39, 0.29) is 0 Å². The van der Waals surface area contributed by atoms with Gasteiger partial charge in [-0.3, -0.25) is 4.57 Å². The van der Waals surface area contributed by atoms with E-state index in [0.29, 0.717) is 0 Å². The Hall–Kier alpha value is -2.68. The standard InChI is InChI=1S/C19H19N3/c1-12-7-6-8-13(2)17(12)22-16-11-15-9-4-5-10-21(15)18(16)14(3)19(22)20/h4-11H,20H2,1-3H3. The van der Waals surface area contributed by atoms with Crippen LogP contribution in [-0.4, -0.2) is 8.97 Å². The highest BCUT2D eigenvalue weighted by Gasteiger charge is 2.19. The molecule has 3 nitrogen and oxygen atoms in total. The zero-order valence-corrected chi connectivity index (χ0v) is 13.1. The topological polar surface area (TPSA) is 35.4 Å². The van der Waals surface area contributed by atoms with Crippen LogP contribution in [0, 0.1) is 20.8 Å². The molecule has 1 aromatic carbocycles. The molecule has 110 valence electrons. The molecule has 4 aromatic rings. The SMILES string of the molecule is Cc1cccc(C)c1-n1c(N)c(C)c2c1cc1ccccn12. The molecule has 0 aliphatic carbocycles. The highest BCUT2D eigenvalue weighted by molar-refractivity contribution is 5.94. The zero-order valence-electron chi connectivity index (χ0n) is 13.1. The summed E-state index contributed by atoms with van der Waals surface area (Å²) in [4.78, 5) is 0. The van der Waals surface area contributed by atoms with E-state index in [9.17, 15) is 0 Å². The van der Waals surface area contributed by atoms with Crippen molar-refractivity contribution in [1.82, 2.24) is 8.97 Å². The van der Waals surface area contributed by atoms with Gasteiger partial charge in [-0.15, -0.1) is 0 Å². The fraction of sp³-hybridized carbons (Fsp3) is 0.158. The number of nitrogens with zero attached hydrogens (tertiary/aromatic N) is 2. The minimum atomic E-state index is 0.820.